The van der Waals surface area contributed by atoms with Gasteiger partial charge < -0.3 is 15.8 Å². The highest BCUT2D eigenvalue weighted by molar-refractivity contribution is 6.02. The highest BCUT2D eigenvalue weighted by atomic mass is 16.4. The predicted molar refractivity (Wildman–Crippen MR) is 71.3 cm³/mol. The van der Waals surface area contributed by atoms with Crippen LogP contribution in [0.1, 0.15) is 40.5 Å². The Bertz CT molecular complexity index is 322. The molecule has 5 heteroatoms. The van der Waals surface area contributed by atoms with E-state index >= 15 is 0 Å². The quantitative estimate of drug-likeness (QED) is 0.328. The Labute approximate surface area is 109 Å². The first-order valence-corrected chi connectivity index (χ1v) is 6.66. The number of nitrogens with zero attached hydrogens (tertiary/aromatic N) is 2. The minimum Gasteiger partial charge on any atom is -0.409 e. The molecule has 1 atom stereocenters. The first kappa shape index (κ1) is 14.8. The molecule has 1 aliphatic rings. The smallest absolute Gasteiger partial charge is 0.233 e. The Morgan fingerprint density at radius 3 is 2.28 bits per heavy atom. The molecule has 1 aliphatic carbocycles. The summed E-state index contributed by atoms with van der Waals surface area (Å²) in [4.78, 5) is 14.4. The van der Waals surface area contributed by atoms with Crippen molar-refractivity contribution >= 4 is 11.7 Å². The lowest BCUT2D eigenvalue weighted by Crippen LogP contribution is -2.47. The minimum atomic E-state index is -0.531. The Balaban J connectivity index is 2.83. The van der Waals surface area contributed by atoms with E-state index in [4.69, 9.17) is 10.9 Å². The number of rotatable bonds is 6. The van der Waals surface area contributed by atoms with Gasteiger partial charge in [0, 0.05) is 12.6 Å². The number of nitrogens with two attached hydrogens (primary N) is 1. The van der Waals surface area contributed by atoms with Gasteiger partial charge in [-0.3, -0.25) is 4.79 Å². The van der Waals surface area contributed by atoms with Gasteiger partial charge in [-0.2, -0.15) is 0 Å². The van der Waals surface area contributed by atoms with E-state index in [-0.39, 0.29) is 23.7 Å². The largest absolute Gasteiger partial charge is 0.409 e. The first-order chi connectivity index (χ1) is 8.38. The fourth-order valence-electron chi connectivity index (χ4n) is 2.13. The van der Waals surface area contributed by atoms with Gasteiger partial charge in [0.1, 0.15) is 5.92 Å². The predicted octanol–water partition coefficient (Wildman–Crippen LogP) is 1.65. The molecule has 104 valence electrons. The Morgan fingerprint density at radius 2 is 1.94 bits per heavy atom. The Kier molecular flexibility index (Phi) is 4.99. The van der Waals surface area contributed by atoms with E-state index < -0.39 is 5.92 Å². The zero-order valence-corrected chi connectivity index (χ0v) is 11.8. The Morgan fingerprint density at radius 1 is 1.39 bits per heavy atom. The number of carbonyl (C=O) groups is 1. The van der Waals surface area contributed by atoms with E-state index in [2.05, 4.69) is 5.16 Å². The summed E-state index contributed by atoms with van der Waals surface area (Å²) in [6, 6.07) is 0.144. The average Bonchev–Trinajstić information content (AvgIpc) is 3.08. The molecule has 0 spiro atoms. The number of carbonyl (C=O) groups excluding carboxylic acids is 1. The van der Waals surface area contributed by atoms with Crippen molar-refractivity contribution in [1.82, 2.24) is 4.90 Å². The molecule has 0 aromatic carbocycles. The number of amidine groups is 1. The van der Waals surface area contributed by atoms with Gasteiger partial charge in [-0.1, -0.05) is 19.0 Å². The van der Waals surface area contributed by atoms with Gasteiger partial charge in [-0.15, -0.1) is 0 Å². The van der Waals surface area contributed by atoms with Crippen LogP contribution in [0.3, 0.4) is 0 Å². The van der Waals surface area contributed by atoms with Gasteiger partial charge in [0.2, 0.25) is 5.91 Å². The van der Waals surface area contributed by atoms with Crippen molar-refractivity contribution in [2.24, 2.45) is 28.6 Å². The summed E-state index contributed by atoms with van der Waals surface area (Å²) in [6.45, 7) is 8.62. The van der Waals surface area contributed by atoms with Crippen LogP contribution in [0.5, 0.6) is 0 Å². The fraction of sp³-hybridized carbons (Fsp3) is 0.846. The van der Waals surface area contributed by atoms with Crippen LogP contribution in [0.25, 0.3) is 0 Å². The zero-order chi connectivity index (χ0) is 13.9. The standard InChI is InChI=1S/C13H25N3O2/c1-8(2)11(12(14)15-18)13(17)16(9(3)4)7-10-5-6-10/h8-11,18H,5-7H2,1-4H3,(H2,14,15). The molecule has 0 heterocycles. The van der Waals surface area contributed by atoms with Crippen LogP contribution in [0.15, 0.2) is 5.16 Å². The summed E-state index contributed by atoms with van der Waals surface area (Å²) in [5.41, 5.74) is 5.66. The summed E-state index contributed by atoms with van der Waals surface area (Å²) in [6.07, 6.45) is 2.40. The average molecular weight is 255 g/mol. The number of hydrogen-bond acceptors (Lipinski definition) is 3. The van der Waals surface area contributed by atoms with Crippen LogP contribution in [0, 0.1) is 17.8 Å². The maximum Gasteiger partial charge on any atom is 0.233 e. The topological polar surface area (TPSA) is 78.9 Å². The third kappa shape index (κ3) is 3.62. The fourth-order valence-corrected chi connectivity index (χ4v) is 2.13. The lowest BCUT2D eigenvalue weighted by Gasteiger charge is -2.31. The SMILES string of the molecule is CC(C)C(C(=O)N(CC1CC1)C(C)C)C(N)=NO. The van der Waals surface area contributed by atoms with Crippen molar-refractivity contribution in [2.75, 3.05) is 6.54 Å². The highest BCUT2D eigenvalue weighted by Gasteiger charge is 2.35. The second-order valence-electron chi connectivity index (χ2n) is 5.77. The third-order valence-corrected chi connectivity index (χ3v) is 3.43. The number of amides is 1. The van der Waals surface area contributed by atoms with E-state index in [0.717, 1.165) is 6.54 Å². The first-order valence-electron chi connectivity index (χ1n) is 6.66. The van der Waals surface area contributed by atoms with Gasteiger partial charge in [0.15, 0.2) is 5.84 Å². The summed E-state index contributed by atoms with van der Waals surface area (Å²) in [7, 11) is 0. The minimum absolute atomic E-state index is 0.0106. The third-order valence-electron chi connectivity index (χ3n) is 3.43. The molecule has 0 radical (unpaired) electrons. The van der Waals surface area contributed by atoms with Crippen LogP contribution in [-0.2, 0) is 4.79 Å². The molecule has 1 rings (SSSR count). The van der Waals surface area contributed by atoms with Gasteiger partial charge in [0.05, 0.1) is 0 Å². The molecule has 3 N–H and O–H groups in total. The molecular formula is C13H25N3O2. The van der Waals surface area contributed by atoms with Gasteiger partial charge in [-0.05, 0) is 38.5 Å². The van der Waals surface area contributed by atoms with Crippen molar-refractivity contribution in [3.8, 4) is 0 Å². The second-order valence-corrected chi connectivity index (χ2v) is 5.77. The van der Waals surface area contributed by atoms with Crippen LogP contribution in [0.2, 0.25) is 0 Å². The molecule has 1 saturated carbocycles. The summed E-state index contributed by atoms with van der Waals surface area (Å²) >= 11 is 0. The summed E-state index contributed by atoms with van der Waals surface area (Å²) in [5, 5.41) is 11.8. The van der Waals surface area contributed by atoms with E-state index in [1.54, 1.807) is 0 Å². The van der Waals surface area contributed by atoms with Gasteiger partial charge >= 0.3 is 0 Å². The Hall–Kier alpha value is -1.26. The van der Waals surface area contributed by atoms with Crippen molar-refractivity contribution in [2.45, 2.75) is 46.6 Å². The van der Waals surface area contributed by atoms with Crippen molar-refractivity contribution < 1.29 is 10.0 Å². The van der Waals surface area contributed by atoms with E-state index in [0.29, 0.717) is 5.92 Å². The molecule has 0 aromatic heterocycles. The molecule has 1 unspecified atom stereocenters. The van der Waals surface area contributed by atoms with Crippen LogP contribution >= 0.6 is 0 Å². The van der Waals surface area contributed by atoms with Crippen molar-refractivity contribution in [3.63, 3.8) is 0 Å². The van der Waals surface area contributed by atoms with Gasteiger partial charge in [-0.25, -0.2) is 0 Å². The lowest BCUT2D eigenvalue weighted by atomic mass is 9.92. The number of oxime groups is 1. The summed E-state index contributed by atoms with van der Waals surface area (Å²) < 4.78 is 0. The molecule has 0 saturated heterocycles. The molecule has 18 heavy (non-hydrogen) atoms. The van der Waals surface area contributed by atoms with Gasteiger partial charge in [0.25, 0.3) is 0 Å². The lowest BCUT2D eigenvalue weighted by molar-refractivity contribution is -0.136. The number of hydrogen-bond donors (Lipinski definition) is 2. The maximum absolute atomic E-state index is 12.5. The molecule has 0 aliphatic heterocycles. The molecule has 0 bridgehead atoms. The van der Waals surface area contributed by atoms with E-state index in [9.17, 15) is 4.79 Å². The second kappa shape index (κ2) is 6.07. The van der Waals surface area contributed by atoms with Crippen molar-refractivity contribution in [3.05, 3.63) is 0 Å². The zero-order valence-electron chi connectivity index (χ0n) is 11.8. The molecule has 5 nitrogen and oxygen atoms in total. The molecule has 1 fully saturated rings. The molecule has 0 aromatic rings. The molecular weight excluding hydrogens is 230 g/mol. The highest BCUT2D eigenvalue weighted by Crippen LogP contribution is 2.31. The normalized spacial score (nSPS) is 18.2. The molecule has 1 amide bonds. The van der Waals surface area contributed by atoms with Crippen LogP contribution in [-0.4, -0.2) is 34.4 Å². The van der Waals surface area contributed by atoms with Crippen molar-refractivity contribution in [1.29, 1.82) is 0 Å². The van der Waals surface area contributed by atoms with Crippen LogP contribution < -0.4 is 5.73 Å². The monoisotopic (exact) mass is 255 g/mol. The maximum atomic E-state index is 12.5. The van der Waals surface area contributed by atoms with Crippen LogP contribution in [0.4, 0.5) is 0 Å². The summed E-state index contributed by atoms with van der Waals surface area (Å²) in [5.74, 6) is 0.111. The van der Waals surface area contributed by atoms with E-state index in [1.165, 1.54) is 12.8 Å². The van der Waals surface area contributed by atoms with E-state index in [1.807, 2.05) is 32.6 Å².